The van der Waals surface area contributed by atoms with E-state index in [4.69, 9.17) is 4.74 Å². The van der Waals surface area contributed by atoms with Crippen LogP contribution in [0.1, 0.15) is 26.3 Å². The lowest BCUT2D eigenvalue weighted by atomic mass is 10.1. The van der Waals surface area contributed by atoms with E-state index in [0.29, 0.717) is 35.7 Å². The Morgan fingerprint density at radius 1 is 0.765 bits per heavy atom. The summed E-state index contributed by atoms with van der Waals surface area (Å²) in [6.07, 6.45) is 0. The highest BCUT2D eigenvalue weighted by molar-refractivity contribution is 6.04. The van der Waals surface area contributed by atoms with Gasteiger partial charge in [-0.05, 0) is 67.6 Å². The maximum Gasteiger partial charge on any atom is 0.255 e. The standard InChI is InChI=1S/C26H28N4O4/c1-18-4-3-5-20(16-18)26(33)30-23-12-10-21(11-13-23)28-17-24(31)29-22-8-6-19(7-9-22)25(32)27-14-15-34-2/h3-13,16,28H,14-15,17H2,1-2H3,(H,27,32)(H,29,31)(H,30,33). The van der Waals surface area contributed by atoms with Gasteiger partial charge in [0.2, 0.25) is 5.91 Å². The van der Waals surface area contributed by atoms with Crippen molar-refractivity contribution in [3.05, 3.63) is 89.5 Å². The van der Waals surface area contributed by atoms with E-state index in [0.717, 1.165) is 11.3 Å². The first-order valence-electron chi connectivity index (χ1n) is 10.8. The maximum atomic E-state index is 12.4. The molecule has 3 rings (SSSR count). The highest BCUT2D eigenvalue weighted by Crippen LogP contribution is 2.15. The monoisotopic (exact) mass is 460 g/mol. The molecule has 0 aromatic heterocycles. The summed E-state index contributed by atoms with van der Waals surface area (Å²) in [5.41, 5.74) is 4.11. The van der Waals surface area contributed by atoms with Crippen molar-refractivity contribution in [1.29, 1.82) is 0 Å². The molecule has 8 nitrogen and oxygen atoms in total. The lowest BCUT2D eigenvalue weighted by Crippen LogP contribution is -2.27. The molecule has 3 aromatic carbocycles. The first-order chi connectivity index (χ1) is 16.4. The summed E-state index contributed by atoms with van der Waals surface area (Å²) in [7, 11) is 1.57. The van der Waals surface area contributed by atoms with E-state index in [1.54, 1.807) is 61.7 Å². The fraction of sp³-hybridized carbons (Fsp3) is 0.192. The quantitative estimate of drug-likeness (QED) is 0.345. The molecule has 0 fully saturated rings. The lowest BCUT2D eigenvalue weighted by molar-refractivity contribution is -0.114. The second kappa shape index (κ2) is 12.2. The Kier molecular flexibility index (Phi) is 8.76. The molecule has 0 aliphatic rings. The molecule has 0 bridgehead atoms. The van der Waals surface area contributed by atoms with E-state index in [9.17, 15) is 14.4 Å². The minimum absolute atomic E-state index is 0.0637. The summed E-state index contributed by atoms with van der Waals surface area (Å²) in [6, 6.07) is 21.1. The molecule has 0 atom stereocenters. The number of carbonyl (C=O) groups is 3. The smallest absolute Gasteiger partial charge is 0.255 e. The third-order valence-electron chi connectivity index (χ3n) is 4.90. The van der Waals surface area contributed by atoms with Crippen molar-refractivity contribution < 1.29 is 19.1 Å². The Bertz CT molecular complexity index is 1130. The van der Waals surface area contributed by atoms with Crippen LogP contribution in [0.25, 0.3) is 0 Å². The van der Waals surface area contributed by atoms with Gasteiger partial charge in [-0.2, -0.15) is 0 Å². The zero-order valence-electron chi connectivity index (χ0n) is 19.2. The van der Waals surface area contributed by atoms with Crippen molar-refractivity contribution in [3.63, 3.8) is 0 Å². The predicted octanol–water partition coefficient (Wildman–Crippen LogP) is 3.67. The van der Waals surface area contributed by atoms with Gasteiger partial charge in [-0.15, -0.1) is 0 Å². The maximum absolute atomic E-state index is 12.4. The Morgan fingerprint density at radius 3 is 2.09 bits per heavy atom. The van der Waals surface area contributed by atoms with Gasteiger partial charge in [0.1, 0.15) is 0 Å². The fourth-order valence-corrected chi connectivity index (χ4v) is 3.12. The van der Waals surface area contributed by atoms with Crippen molar-refractivity contribution in [2.24, 2.45) is 0 Å². The molecule has 0 aliphatic carbocycles. The number of ether oxygens (including phenoxy) is 1. The van der Waals surface area contributed by atoms with Crippen molar-refractivity contribution in [1.82, 2.24) is 5.32 Å². The molecule has 3 amide bonds. The number of amides is 3. The molecule has 8 heteroatoms. The number of aryl methyl sites for hydroxylation is 1. The molecule has 0 spiro atoms. The molecule has 0 heterocycles. The van der Waals surface area contributed by atoms with Crippen LogP contribution in [0.5, 0.6) is 0 Å². The Balaban J connectivity index is 1.45. The highest BCUT2D eigenvalue weighted by atomic mass is 16.5. The number of nitrogens with one attached hydrogen (secondary N) is 4. The number of hydrogen-bond acceptors (Lipinski definition) is 5. The predicted molar refractivity (Wildman–Crippen MR) is 133 cm³/mol. The summed E-state index contributed by atoms with van der Waals surface area (Å²) < 4.78 is 4.90. The van der Waals surface area contributed by atoms with Crippen molar-refractivity contribution in [2.75, 3.05) is 42.8 Å². The number of benzene rings is 3. The van der Waals surface area contributed by atoms with Gasteiger partial charge in [0.05, 0.1) is 13.2 Å². The molecule has 0 unspecified atom stereocenters. The molecular formula is C26H28N4O4. The number of rotatable bonds is 10. The van der Waals surface area contributed by atoms with Crippen LogP contribution < -0.4 is 21.3 Å². The van der Waals surface area contributed by atoms with Crippen LogP contribution in [0.2, 0.25) is 0 Å². The molecule has 4 N–H and O–H groups in total. The molecule has 176 valence electrons. The Morgan fingerprint density at radius 2 is 1.41 bits per heavy atom. The lowest BCUT2D eigenvalue weighted by Gasteiger charge is -2.10. The third kappa shape index (κ3) is 7.46. The van der Waals surface area contributed by atoms with E-state index in [1.165, 1.54) is 0 Å². The van der Waals surface area contributed by atoms with Gasteiger partial charge >= 0.3 is 0 Å². The zero-order chi connectivity index (χ0) is 24.3. The summed E-state index contributed by atoms with van der Waals surface area (Å²) in [6.45, 7) is 2.87. The molecule has 0 saturated carbocycles. The van der Waals surface area contributed by atoms with E-state index < -0.39 is 0 Å². The van der Waals surface area contributed by atoms with Crippen LogP contribution in [-0.2, 0) is 9.53 Å². The molecule has 0 saturated heterocycles. The van der Waals surface area contributed by atoms with Gasteiger partial charge in [0.15, 0.2) is 0 Å². The average Bonchev–Trinajstić information content (AvgIpc) is 2.84. The van der Waals surface area contributed by atoms with Crippen molar-refractivity contribution in [3.8, 4) is 0 Å². The van der Waals surface area contributed by atoms with E-state index in [-0.39, 0.29) is 24.3 Å². The molecule has 0 radical (unpaired) electrons. The summed E-state index contributed by atoms with van der Waals surface area (Å²) in [5, 5.41) is 11.4. The van der Waals surface area contributed by atoms with Crippen LogP contribution in [0.3, 0.4) is 0 Å². The van der Waals surface area contributed by atoms with E-state index in [2.05, 4.69) is 21.3 Å². The SMILES string of the molecule is COCCNC(=O)c1ccc(NC(=O)CNc2ccc(NC(=O)c3cccc(C)c3)cc2)cc1. The summed E-state index contributed by atoms with van der Waals surface area (Å²) in [5.74, 6) is -0.605. The van der Waals surface area contributed by atoms with Gasteiger partial charge in [0, 0.05) is 41.8 Å². The van der Waals surface area contributed by atoms with Crippen LogP contribution in [0.4, 0.5) is 17.1 Å². The molecule has 3 aromatic rings. The fourth-order valence-electron chi connectivity index (χ4n) is 3.12. The third-order valence-corrected chi connectivity index (χ3v) is 4.90. The minimum Gasteiger partial charge on any atom is -0.383 e. The zero-order valence-corrected chi connectivity index (χ0v) is 19.2. The largest absolute Gasteiger partial charge is 0.383 e. The first-order valence-corrected chi connectivity index (χ1v) is 10.8. The van der Waals surface area contributed by atoms with E-state index >= 15 is 0 Å². The molecular weight excluding hydrogens is 432 g/mol. The van der Waals surface area contributed by atoms with Gasteiger partial charge in [-0.3, -0.25) is 14.4 Å². The average molecular weight is 461 g/mol. The minimum atomic E-state index is -0.228. The Labute approximate surface area is 198 Å². The number of carbonyl (C=O) groups excluding carboxylic acids is 3. The van der Waals surface area contributed by atoms with Gasteiger partial charge < -0.3 is 26.0 Å². The topological polar surface area (TPSA) is 109 Å². The summed E-state index contributed by atoms with van der Waals surface area (Å²) in [4.78, 5) is 36.6. The molecule has 0 aliphatic heterocycles. The van der Waals surface area contributed by atoms with Crippen LogP contribution >= 0.6 is 0 Å². The second-order valence-electron chi connectivity index (χ2n) is 7.63. The number of methoxy groups -OCH3 is 1. The molecule has 34 heavy (non-hydrogen) atoms. The van der Waals surface area contributed by atoms with Crippen LogP contribution in [-0.4, -0.2) is 44.5 Å². The van der Waals surface area contributed by atoms with Crippen LogP contribution in [0.15, 0.2) is 72.8 Å². The first kappa shape index (κ1) is 24.5. The van der Waals surface area contributed by atoms with Crippen molar-refractivity contribution in [2.45, 2.75) is 6.92 Å². The highest BCUT2D eigenvalue weighted by Gasteiger charge is 2.08. The van der Waals surface area contributed by atoms with Gasteiger partial charge in [-0.25, -0.2) is 0 Å². The van der Waals surface area contributed by atoms with Crippen molar-refractivity contribution >= 4 is 34.8 Å². The Hall–Kier alpha value is -4.17. The second-order valence-corrected chi connectivity index (χ2v) is 7.63. The summed E-state index contributed by atoms with van der Waals surface area (Å²) >= 11 is 0. The number of hydrogen-bond donors (Lipinski definition) is 4. The van der Waals surface area contributed by atoms with Gasteiger partial charge in [-0.1, -0.05) is 17.7 Å². The van der Waals surface area contributed by atoms with E-state index in [1.807, 2.05) is 25.1 Å². The number of anilines is 3. The normalized spacial score (nSPS) is 10.3. The van der Waals surface area contributed by atoms with Gasteiger partial charge in [0.25, 0.3) is 11.8 Å². The van der Waals surface area contributed by atoms with Crippen LogP contribution in [0, 0.1) is 6.92 Å².